The molecule has 1 aliphatic rings. The largest absolute Gasteiger partial charge is 0.392 e. The summed E-state index contributed by atoms with van der Waals surface area (Å²) >= 11 is 0. The van der Waals surface area contributed by atoms with E-state index in [0.717, 1.165) is 0 Å². The number of nitrogens with one attached hydrogen (secondary N) is 1. The third-order valence-electron chi connectivity index (χ3n) is 2.90. The van der Waals surface area contributed by atoms with Gasteiger partial charge in [-0.2, -0.15) is 4.98 Å². The molecule has 2 N–H and O–H groups in total. The van der Waals surface area contributed by atoms with E-state index in [9.17, 15) is 5.11 Å². The van der Waals surface area contributed by atoms with Crippen molar-refractivity contribution >= 4 is 0 Å². The van der Waals surface area contributed by atoms with Crippen molar-refractivity contribution in [3.63, 3.8) is 0 Å². The Morgan fingerprint density at radius 1 is 1.56 bits per heavy atom. The van der Waals surface area contributed by atoms with Gasteiger partial charge in [-0.3, -0.25) is 0 Å². The fourth-order valence-electron chi connectivity index (χ4n) is 1.62. The molecule has 0 unspecified atom stereocenters. The van der Waals surface area contributed by atoms with Crippen LogP contribution in [0.3, 0.4) is 0 Å². The smallest absolute Gasteiger partial charge is 0.243 e. The first-order valence-corrected chi connectivity index (χ1v) is 5.33. The second kappa shape index (κ2) is 4.12. The number of hydrogen-bond donors (Lipinski definition) is 2. The lowest BCUT2D eigenvalue weighted by Gasteiger charge is -2.17. The van der Waals surface area contributed by atoms with Crippen LogP contribution in [0.1, 0.15) is 38.0 Å². The number of aliphatic hydroxyl groups excluding tert-OH is 1. The van der Waals surface area contributed by atoms with E-state index >= 15 is 0 Å². The normalized spacial score (nSPS) is 26.2. The molecule has 2 atom stereocenters. The van der Waals surface area contributed by atoms with Crippen molar-refractivity contribution in [3.05, 3.63) is 11.7 Å². The SMILES string of the molecule is COC(C)(C)c1noc([C@H]2C[C@@H](O)CN2)n1. The average molecular weight is 227 g/mol. The Morgan fingerprint density at radius 2 is 2.31 bits per heavy atom. The average Bonchev–Trinajstić information content (AvgIpc) is 2.85. The molecule has 1 fully saturated rings. The van der Waals surface area contributed by atoms with Crippen molar-refractivity contribution in [3.8, 4) is 0 Å². The minimum absolute atomic E-state index is 0.0519. The number of hydrogen-bond acceptors (Lipinski definition) is 6. The summed E-state index contributed by atoms with van der Waals surface area (Å²) in [5.74, 6) is 1.03. The van der Waals surface area contributed by atoms with E-state index in [-0.39, 0.29) is 12.1 Å². The van der Waals surface area contributed by atoms with Gasteiger partial charge in [0.15, 0.2) is 0 Å². The van der Waals surface area contributed by atoms with Crippen LogP contribution >= 0.6 is 0 Å². The summed E-state index contributed by atoms with van der Waals surface area (Å²) in [4.78, 5) is 4.29. The predicted molar refractivity (Wildman–Crippen MR) is 55.7 cm³/mol. The van der Waals surface area contributed by atoms with Gasteiger partial charge in [-0.25, -0.2) is 0 Å². The maximum atomic E-state index is 9.40. The monoisotopic (exact) mass is 227 g/mol. The summed E-state index contributed by atoms with van der Waals surface area (Å²) < 4.78 is 10.4. The van der Waals surface area contributed by atoms with Gasteiger partial charge in [0, 0.05) is 13.7 Å². The maximum Gasteiger partial charge on any atom is 0.243 e. The highest BCUT2D eigenvalue weighted by Crippen LogP contribution is 2.25. The van der Waals surface area contributed by atoms with Crippen molar-refractivity contribution in [1.29, 1.82) is 0 Å². The van der Waals surface area contributed by atoms with Crippen LogP contribution in [0, 0.1) is 0 Å². The molecule has 0 bridgehead atoms. The molecule has 0 saturated carbocycles. The van der Waals surface area contributed by atoms with Crippen molar-refractivity contribution in [1.82, 2.24) is 15.5 Å². The highest BCUT2D eigenvalue weighted by molar-refractivity contribution is 5.02. The quantitative estimate of drug-likeness (QED) is 0.775. The molecule has 6 heteroatoms. The molecule has 0 amide bonds. The number of rotatable bonds is 3. The van der Waals surface area contributed by atoms with Gasteiger partial charge in [-0.05, 0) is 20.3 Å². The summed E-state index contributed by atoms with van der Waals surface area (Å²) in [6, 6.07) is -0.0519. The number of ether oxygens (including phenoxy) is 1. The molecule has 0 aliphatic carbocycles. The Hall–Kier alpha value is -0.980. The van der Waals surface area contributed by atoms with Gasteiger partial charge >= 0.3 is 0 Å². The number of β-amino-alcohol motifs (C(OH)–C–C–N with tert-alkyl or cyclic N) is 1. The Balaban J connectivity index is 2.14. The van der Waals surface area contributed by atoms with Gasteiger partial charge in [0.05, 0.1) is 12.1 Å². The molecule has 1 aromatic rings. The Kier molecular flexibility index (Phi) is 2.96. The molecule has 90 valence electrons. The van der Waals surface area contributed by atoms with Gasteiger partial charge in [0.2, 0.25) is 11.7 Å². The molecule has 1 aliphatic heterocycles. The van der Waals surface area contributed by atoms with Crippen LogP contribution in [-0.4, -0.2) is 35.0 Å². The summed E-state index contributed by atoms with van der Waals surface area (Å²) in [5.41, 5.74) is -0.557. The minimum atomic E-state index is -0.557. The fourth-order valence-corrected chi connectivity index (χ4v) is 1.62. The zero-order valence-electron chi connectivity index (χ0n) is 9.73. The molecular formula is C10H17N3O3. The number of aromatic nitrogens is 2. The molecule has 6 nitrogen and oxygen atoms in total. The van der Waals surface area contributed by atoms with Crippen molar-refractivity contribution in [2.45, 2.75) is 38.0 Å². The third kappa shape index (κ3) is 2.09. The lowest BCUT2D eigenvalue weighted by atomic mass is 10.1. The van der Waals surface area contributed by atoms with E-state index in [1.165, 1.54) is 0 Å². The molecule has 0 spiro atoms. The van der Waals surface area contributed by atoms with E-state index in [4.69, 9.17) is 9.26 Å². The van der Waals surface area contributed by atoms with Gasteiger partial charge in [0.25, 0.3) is 0 Å². The first-order chi connectivity index (χ1) is 7.53. The minimum Gasteiger partial charge on any atom is -0.392 e. The van der Waals surface area contributed by atoms with Crippen molar-refractivity contribution in [2.75, 3.05) is 13.7 Å². The van der Waals surface area contributed by atoms with Crippen LogP contribution < -0.4 is 5.32 Å². The molecule has 2 rings (SSSR count). The van der Waals surface area contributed by atoms with Gasteiger partial charge in [-0.15, -0.1) is 0 Å². The second-order valence-corrected chi connectivity index (χ2v) is 4.52. The van der Waals surface area contributed by atoms with Crippen LogP contribution in [0.2, 0.25) is 0 Å². The summed E-state index contributed by atoms with van der Waals surface area (Å²) in [6.45, 7) is 4.31. The number of nitrogens with zero attached hydrogens (tertiary/aromatic N) is 2. The lowest BCUT2D eigenvalue weighted by molar-refractivity contribution is 0.00973. The van der Waals surface area contributed by atoms with Gasteiger partial charge in [-0.1, -0.05) is 5.16 Å². The standard InChI is InChI=1S/C10H17N3O3/c1-10(2,15-3)9-12-8(16-13-9)7-4-6(14)5-11-7/h6-7,11,14H,4-5H2,1-3H3/t6-,7-/m1/s1. The van der Waals surface area contributed by atoms with Crippen LogP contribution in [0.4, 0.5) is 0 Å². The number of methoxy groups -OCH3 is 1. The van der Waals surface area contributed by atoms with E-state index in [1.54, 1.807) is 7.11 Å². The molecule has 2 heterocycles. The van der Waals surface area contributed by atoms with Crippen LogP contribution in [-0.2, 0) is 10.3 Å². The van der Waals surface area contributed by atoms with Gasteiger partial charge in [0.1, 0.15) is 5.60 Å². The van der Waals surface area contributed by atoms with Crippen molar-refractivity contribution < 1.29 is 14.4 Å². The van der Waals surface area contributed by atoms with Crippen LogP contribution in [0.25, 0.3) is 0 Å². The lowest BCUT2D eigenvalue weighted by Crippen LogP contribution is -2.21. The van der Waals surface area contributed by atoms with Crippen molar-refractivity contribution in [2.24, 2.45) is 0 Å². The molecule has 1 aromatic heterocycles. The third-order valence-corrected chi connectivity index (χ3v) is 2.90. The summed E-state index contributed by atoms with van der Waals surface area (Å²) in [6.07, 6.45) is 0.269. The summed E-state index contributed by atoms with van der Waals surface area (Å²) in [7, 11) is 1.60. The maximum absolute atomic E-state index is 9.40. The van der Waals surface area contributed by atoms with Crippen LogP contribution in [0.5, 0.6) is 0 Å². The highest BCUT2D eigenvalue weighted by Gasteiger charge is 2.31. The Bertz CT molecular complexity index is 364. The molecule has 16 heavy (non-hydrogen) atoms. The van der Waals surface area contributed by atoms with E-state index in [1.807, 2.05) is 13.8 Å². The van der Waals surface area contributed by atoms with Gasteiger partial charge < -0.3 is 19.7 Å². The van der Waals surface area contributed by atoms with Crippen LogP contribution in [0.15, 0.2) is 4.52 Å². The Labute approximate surface area is 94.0 Å². The first-order valence-electron chi connectivity index (χ1n) is 5.33. The fraction of sp³-hybridized carbons (Fsp3) is 0.800. The first kappa shape index (κ1) is 11.5. The topological polar surface area (TPSA) is 80.4 Å². The zero-order valence-corrected chi connectivity index (χ0v) is 9.73. The predicted octanol–water partition coefficient (Wildman–Crippen LogP) is 0.346. The highest BCUT2D eigenvalue weighted by atomic mass is 16.5. The van der Waals surface area contributed by atoms with E-state index < -0.39 is 5.60 Å². The van der Waals surface area contributed by atoms with E-state index in [2.05, 4.69) is 15.5 Å². The zero-order chi connectivity index (χ0) is 11.8. The number of aliphatic hydroxyl groups is 1. The second-order valence-electron chi connectivity index (χ2n) is 4.52. The molecule has 0 radical (unpaired) electrons. The molecule has 0 aromatic carbocycles. The van der Waals surface area contributed by atoms with E-state index in [0.29, 0.717) is 24.7 Å². The molecular weight excluding hydrogens is 210 g/mol. The Morgan fingerprint density at radius 3 is 2.88 bits per heavy atom. The summed E-state index contributed by atoms with van der Waals surface area (Å²) in [5, 5.41) is 16.4. The molecule has 1 saturated heterocycles.